The zero-order chi connectivity index (χ0) is 18.6. The maximum Gasteiger partial charge on any atom is 0.0622 e. The Labute approximate surface area is 158 Å². The molecule has 0 aliphatic heterocycles. The molecule has 0 amide bonds. The maximum absolute atomic E-state index is 10.7. The van der Waals surface area contributed by atoms with Crippen LogP contribution in [0, 0.1) is 40.4 Å². The smallest absolute Gasteiger partial charge is 0.0622 e. The second-order valence-corrected chi connectivity index (χ2v) is 10.5. The Kier molecular flexibility index (Phi) is 4.67. The first-order chi connectivity index (χ1) is 12.4. The minimum absolute atomic E-state index is 0.268. The van der Waals surface area contributed by atoms with E-state index >= 15 is 0 Å². The quantitative estimate of drug-likeness (QED) is 0.441. The fraction of sp³-hybridized carbons (Fsp3) is 0.955. The van der Waals surface area contributed by atoms with E-state index in [1.807, 2.05) is 20.2 Å². The minimum Gasteiger partial charge on any atom is -0.411 e. The average Bonchev–Trinajstić information content (AvgIpc) is 2.92. The summed E-state index contributed by atoms with van der Waals surface area (Å²) in [7, 11) is 1.86. The van der Waals surface area contributed by atoms with Gasteiger partial charge in [-0.1, -0.05) is 6.92 Å². The van der Waals surface area contributed by atoms with E-state index < -0.39 is 5.60 Å². The van der Waals surface area contributed by atoms with Gasteiger partial charge < -0.3 is 15.1 Å². The van der Waals surface area contributed by atoms with Crippen molar-refractivity contribution in [3.05, 3.63) is 0 Å². The van der Waals surface area contributed by atoms with Gasteiger partial charge in [0.25, 0.3) is 0 Å². The zero-order valence-electron chi connectivity index (χ0n) is 16.8. The standard InChI is InChI=1S/C22H37NO3/c1-20(24)10-11-22(14-26-3)15(12-20)4-6-17-18-7-5-16(13-23-25)21(18,2)9-8-19(17)22/h13,15-19,24-25H,4-12,14H2,1-3H3/b23-13+/t15-,16-,17+,18+,19+,20-,21-,22-/m1/s1. The molecule has 0 aromatic carbocycles. The average molecular weight is 364 g/mol. The van der Waals surface area contributed by atoms with Gasteiger partial charge in [-0.15, -0.1) is 5.16 Å². The number of fused-ring (bicyclic) bond motifs is 5. The lowest BCUT2D eigenvalue weighted by atomic mass is 9.43. The summed E-state index contributed by atoms with van der Waals surface area (Å²) < 4.78 is 5.82. The molecule has 0 heterocycles. The monoisotopic (exact) mass is 363 g/mol. The predicted octanol–water partition coefficient (Wildman–Crippen LogP) is 4.48. The minimum atomic E-state index is -0.492. The summed E-state index contributed by atoms with van der Waals surface area (Å²) in [6.45, 7) is 5.34. The van der Waals surface area contributed by atoms with Crippen LogP contribution in [0.1, 0.15) is 71.6 Å². The van der Waals surface area contributed by atoms with E-state index in [9.17, 15) is 5.11 Å². The van der Waals surface area contributed by atoms with Crippen molar-refractivity contribution >= 4 is 6.21 Å². The summed E-state index contributed by atoms with van der Waals surface area (Å²) in [5, 5.41) is 23.2. The third-order valence-electron chi connectivity index (χ3n) is 9.39. The molecule has 0 radical (unpaired) electrons. The molecule has 0 bridgehead atoms. The highest BCUT2D eigenvalue weighted by Gasteiger charge is 2.62. The molecular weight excluding hydrogens is 326 g/mol. The van der Waals surface area contributed by atoms with Gasteiger partial charge in [-0.05, 0) is 99.2 Å². The molecule has 0 spiro atoms. The van der Waals surface area contributed by atoms with Gasteiger partial charge in [0, 0.05) is 19.2 Å². The summed E-state index contributed by atoms with van der Waals surface area (Å²) in [6.07, 6.45) is 12.3. The van der Waals surface area contributed by atoms with Crippen molar-refractivity contribution in [3.63, 3.8) is 0 Å². The summed E-state index contributed by atoms with van der Waals surface area (Å²) in [5.74, 6) is 3.30. The molecule has 8 atom stereocenters. The van der Waals surface area contributed by atoms with Crippen molar-refractivity contribution in [2.75, 3.05) is 13.7 Å². The van der Waals surface area contributed by atoms with Crippen LogP contribution in [0.5, 0.6) is 0 Å². The Bertz CT molecular complexity index is 562. The molecule has 0 unspecified atom stereocenters. The Morgan fingerprint density at radius 3 is 2.58 bits per heavy atom. The number of aliphatic hydroxyl groups is 1. The van der Waals surface area contributed by atoms with Crippen molar-refractivity contribution in [1.29, 1.82) is 0 Å². The Hall–Kier alpha value is -0.610. The van der Waals surface area contributed by atoms with E-state index in [1.165, 1.54) is 38.5 Å². The molecule has 4 rings (SSSR count). The van der Waals surface area contributed by atoms with Crippen LogP contribution in [0.25, 0.3) is 0 Å². The summed E-state index contributed by atoms with van der Waals surface area (Å²) in [6, 6.07) is 0. The van der Waals surface area contributed by atoms with Crippen molar-refractivity contribution in [1.82, 2.24) is 0 Å². The highest BCUT2D eigenvalue weighted by atomic mass is 16.5. The molecule has 0 aromatic heterocycles. The van der Waals surface area contributed by atoms with Crippen molar-refractivity contribution < 1.29 is 15.1 Å². The molecule has 0 aromatic rings. The lowest BCUT2D eigenvalue weighted by molar-refractivity contribution is -0.172. The van der Waals surface area contributed by atoms with Crippen LogP contribution in [-0.2, 0) is 4.74 Å². The number of hydrogen-bond acceptors (Lipinski definition) is 4. The number of oxime groups is 1. The van der Waals surface area contributed by atoms with Crippen LogP contribution in [0.4, 0.5) is 0 Å². The van der Waals surface area contributed by atoms with Gasteiger partial charge in [0.05, 0.1) is 12.2 Å². The SMILES string of the molecule is COC[C@]12CC[C@@](C)(O)C[C@H]1CC[C@H]1[C@@H]3CC[C@H](/C=N/O)[C@@]3(C)CC[C@@H]12. The number of methoxy groups -OCH3 is 1. The molecule has 4 aliphatic carbocycles. The topological polar surface area (TPSA) is 62.0 Å². The highest BCUT2D eigenvalue weighted by Crippen LogP contribution is 2.67. The first-order valence-corrected chi connectivity index (χ1v) is 10.8. The van der Waals surface area contributed by atoms with Gasteiger partial charge in [-0.25, -0.2) is 0 Å². The van der Waals surface area contributed by atoms with Gasteiger partial charge >= 0.3 is 0 Å². The van der Waals surface area contributed by atoms with E-state index in [2.05, 4.69) is 12.1 Å². The van der Waals surface area contributed by atoms with Crippen LogP contribution >= 0.6 is 0 Å². The number of nitrogens with zero attached hydrogens (tertiary/aromatic N) is 1. The Morgan fingerprint density at radius 1 is 1.04 bits per heavy atom. The third-order valence-corrected chi connectivity index (χ3v) is 9.39. The normalized spacial score (nSPS) is 53.9. The molecule has 4 fully saturated rings. The highest BCUT2D eigenvalue weighted by molar-refractivity contribution is 5.62. The molecule has 4 heteroatoms. The number of rotatable bonds is 3. The molecular formula is C22H37NO3. The zero-order valence-corrected chi connectivity index (χ0v) is 16.8. The lowest BCUT2D eigenvalue weighted by Gasteiger charge is -2.62. The van der Waals surface area contributed by atoms with Crippen LogP contribution in [0.3, 0.4) is 0 Å². The van der Waals surface area contributed by atoms with Crippen molar-refractivity contribution in [2.45, 2.75) is 77.2 Å². The Morgan fingerprint density at radius 2 is 1.85 bits per heavy atom. The van der Waals surface area contributed by atoms with Gasteiger partial charge in [-0.2, -0.15) is 0 Å². The summed E-state index contributed by atoms with van der Waals surface area (Å²) in [5.41, 5.74) is 0.0764. The van der Waals surface area contributed by atoms with E-state index in [0.29, 0.717) is 17.3 Å². The second-order valence-electron chi connectivity index (χ2n) is 10.5. The van der Waals surface area contributed by atoms with Gasteiger partial charge in [0.15, 0.2) is 0 Å². The van der Waals surface area contributed by atoms with E-state index in [1.54, 1.807) is 0 Å². The van der Waals surface area contributed by atoms with Gasteiger partial charge in [0.2, 0.25) is 0 Å². The largest absolute Gasteiger partial charge is 0.411 e. The molecule has 148 valence electrons. The van der Waals surface area contributed by atoms with Crippen molar-refractivity contribution in [3.8, 4) is 0 Å². The summed E-state index contributed by atoms with van der Waals surface area (Å²) >= 11 is 0. The van der Waals surface area contributed by atoms with Crippen molar-refractivity contribution in [2.24, 2.45) is 45.6 Å². The molecule has 2 N–H and O–H groups in total. The predicted molar refractivity (Wildman–Crippen MR) is 102 cm³/mol. The molecule has 4 nitrogen and oxygen atoms in total. The Balaban J connectivity index is 1.64. The fourth-order valence-electron chi connectivity index (χ4n) is 8.15. The molecule has 0 saturated heterocycles. The fourth-order valence-corrected chi connectivity index (χ4v) is 8.15. The van der Waals surface area contributed by atoms with Crippen LogP contribution < -0.4 is 0 Å². The molecule has 26 heavy (non-hydrogen) atoms. The molecule has 4 aliphatic rings. The van der Waals surface area contributed by atoms with Crippen LogP contribution in [-0.4, -0.2) is 35.8 Å². The maximum atomic E-state index is 10.7. The van der Waals surface area contributed by atoms with Gasteiger partial charge in [0.1, 0.15) is 0 Å². The number of ether oxygens (including phenoxy) is 1. The van der Waals surface area contributed by atoms with Gasteiger partial charge in [-0.3, -0.25) is 0 Å². The lowest BCUT2D eigenvalue weighted by Crippen LogP contribution is -2.58. The second kappa shape index (κ2) is 6.48. The van der Waals surface area contributed by atoms with E-state index in [0.717, 1.165) is 43.6 Å². The summed E-state index contributed by atoms with van der Waals surface area (Å²) in [4.78, 5) is 0. The number of hydrogen-bond donors (Lipinski definition) is 2. The first-order valence-electron chi connectivity index (χ1n) is 10.8. The third kappa shape index (κ3) is 2.66. The van der Waals surface area contributed by atoms with Crippen LogP contribution in [0.2, 0.25) is 0 Å². The van der Waals surface area contributed by atoms with Crippen LogP contribution in [0.15, 0.2) is 5.16 Å². The molecule has 4 saturated carbocycles. The van der Waals surface area contributed by atoms with E-state index in [4.69, 9.17) is 9.94 Å². The first kappa shape index (κ1) is 18.7. The van der Waals surface area contributed by atoms with E-state index in [-0.39, 0.29) is 5.41 Å².